The molecule has 0 heterocycles. The van der Waals surface area contributed by atoms with E-state index in [9.17, 15) is 9.59 Å². The van der Waals surface area contributed by atoms with Crippen molar-refractivity contribution in [3.8, 4) is 5.75 Å². The highest BCUT2D eigenvalue weighted by Crippen LogP contribution is 2.13. The number of aldehydes is 1. The zero-order valence-electron chi connectivity index (χ0n) is 11.3. The van der Waals surface area contributed by atoms with E-state index in [0.29, 0.717) is 24.2 Å². The van der Waals surface area contributed by atoms with E-state index in [4.69, 9.17) is 4.74 Å². The highest BCUT2D eigenvalue weighted by molar-refractivity contribution is 5.76. The van der Waals surface area contributed by atoms with Gasteiger partial charge in [0.05, 0.1) is 0 Å². The molecule has 0 fully saturated rings. The lowest BCUT2D eigenvalue weighted by atomic mass is 10.1. The first kappa shape index (κ1) is 14.0. The molecule has 0 aromatic heterocycles. The number of esters is 1. The lowest BCUT2D eigenvalue weighted by Gasteiger charge is -2.05. The Morgan fingerprint density at radius 1 is 1.05 bits per heavy atom. The van der Waals surface area contributed by atoms with Crippen molar-refractivity contribution in [3.63, 3.8) is 0 Å². The Labute approximate surface area is 118 Å². The Morgan fingerprint density at radius 2 is 1.70 bits per heavy atom. The van der Waals surface area contributed by atoms with E-state index >= 15 is 0 Å². The van der Waals surface area contributed by atoms with Gasteiger partial charge in [0.2, 0.25) is 0 Å². The fourth-order valence-electron chi connectivity index (χ4n) is 1.80. The van der Waals surface area contributed by atoms with Crippen molar-refractivity contribution in [3.05, 3.63) is 65.2 Å². The summed E-state index contributed by atoms with van der Waals surface area (Å²) >= 11 is 0. The monoisotopic (exact) mass is 268 g/mol. The molecule has 2 rings (SSSR count). The minimum absolute atomic E-state index is 0.274. The summed E-state index contributed by atoms with van der Waals surface area (Å²) in [6.45, 7) is 2.03. The van der Waals surface area contributed by atoms with E-state index < -0.39 is 0 Å². The molecule has 0 spiro atoms. The standard InChI is InChI=1S/C17H16O3/c1-13-2-4-14(5-3-13)8-11-17(19)20-16-9-6-15(12-18)7-10-16/h2-7,9-10,12H,8,11H2,1H3. The number of carbonyl (C=O) groups excluding carboxylic acids is 2. The zero-order chi connectivity index (χ0) is 14.4. The Morgan fingerprint density at radius 3 is 2.30 bits per heavy atom. The lowest BCUT2D eigenvalue weighted by molar-refractivity contribution is -0.134. The minimum atomic E-state index is -0.274. The fraction of sp³-hybridized carbons (Fsp3) is 0.176. The first-order valence-corrected chi connectivity index (χ1v) is 6.49. The molecule has 0 aliphatic carbocycles. The van der Waals surface area contributed by atoms with Crippen LogP contribution in [0.25, 0.3) is 0 Å². The van der Waals surface area contributed by atoms with Crippen LogP contribution in [-0.4, -0.2) is 12.3 Å². The third kappa shape index (κ3) is 4.05. The predicted molar refractivity (Wildman–Crippen MR) is 77.0 cm³/mol. The van der Waals surface area contributed by atoms with Gasteiger partial charge in [-0.25, -0.2) is 0 Å². The summed E-state index contributed by atoms with van der Waals surface area (Å²) in [7, 11) is 0. The summed E-state index contributed by atoms with van der Waals surface area (Å²) in [6, 6.07) is 14.6. The normalized spacial score (nSPS) is 10.1. The second-order valence-corrected chi connectivity index (χ2v) is 4.65. The average molecular weight is 268 g/mol. The highest BCUT2D eigenvalue weighted by atomic mass is 16.5. The molecule has 2 aromatic rings. The van der Waals surface area contributed by atoms with Crippen molar-refractivity contribution < 1.29 is 14.3 Å². The van der Waals surface area contributed by atoms with E-state index in [1.54, 1.807) is 24.3 Å². The van der Waals surface area contributed by atoms with E-state index in [1.165, 1.54) is 5.56 Å². The van der Waals surface area contributed by atoms with Crippen molar-refractivity contribution in [2.24, 2.45) is 0 Å². The van der Waals surface area contributed by atoms with Gasteiger partial charge in [-0.2, -0.15) is 0 Å². The third-order valence-electron chi connectivity index (χ3n) is 2.99. The van der Waals surface area contributed by atoms with Gasteiger partial charge in [-0.05, 0) is 43.2 Å². The van der Waals surface area contributed by atoms with Gasteiger partial charge in [0.25, 0.3) is 0 Å². The Bertz CT molecular complexity index is 583. The predicted octanol–water partition coefficient (Wildman–Crippen LogP) is 3.35. The van der Waals surface area contributed by atoms with Gasteiger partial charge in [0.15, 0.2) is 0 Å². The summed E-state index contributed by atoms with van der Waals surface area (Å²) < 4.78 is 5.20. The van der Waals surface area contributed by atoms with E-state index in [1.807, 2.05) is 31.2 Å². The quantitative estimate of drug-likeness (QED) is 0.474. The molecule has 20 heavy (non-hydrogen) atoms. The summed E-state index contributed by atoms with van der Waals surface area (Å²) in [5, 5.41) is 0. The largest absolute Gasteiger partial charge is 0.427 e. The van der Waals surface area contributed by atoms with Gasteiger partial charge in [0.1, 0.15) is 12.0 Å². The van der Waals surface area contributed by atoms with E-state index in [-0.39, 0.29) is 5.97 Å². The molecule has 0 atom stereocenters. The average Bonchev–Trinajstić information content (AvgIpc) is 2.47. The summed E-state index contributed by atoms with van der Waals surface area (Å²) in [6.07, 6.45) is 1.74. The number of aryl methyl sites for hydroxylation is 2. The van der Waals surface area contributed by atoms with Crippen LogP contribution < -0.4 is 4.74 Å². The number of benzene rings is 2. The molecule has 0 unspecified atom stereocenters. The van der Waals surface area contributed by atoms with Crippen molar-refractivity contribution >= 4 is 12.3 Å². The zero-order valence-corrected chi connectivity index (χ0v) is 11.3. The summed E-state index contributed by atoms with van der Waals surface area (Å²) in [5.41, 5.74) is 2.87. The van der Waals surface area contributed by atoms with Gasteiger partial charge in [-0.3, -0.25) is 9.59 Å². The van der Waals surface area contributed by atoms with Gasteiger partial charge in [-0.1, -0.05) is 29.8 Å². The molecule has 0 radical (unpaired) electrons. The number of ether oxygens (including phenoxy) is 1. The number of hydrogen-bond donors (Lipinski definition) is 0. The van der Waals surface area contributed by atoms with Gasteiger partial charge < -0.3 is 4.74 Å². The fourth-order valence-corrected chi connectivity index (χ4v) is 1.80. The maximum absolute atomic E-state index is 11.7. The van der Waals surface area contributed by atoms with E-state index in [2.05, 4.69) is 0 Å². The molecule has 0 aliphatic rings. The van der Waals surface area contributed by atoms with Crippen LogP contribution in [0.3, 0.4) is 0 Å². The molecule has 3 nitrogen and oxygen atoms in total. The molecular formula is C17H16O3. The maximum atomic E-state index is 11.7. The second-order valence-electron chi connectivity index (χ2n) is 4.65. The van der Waals surface area contributed by atoms with Crippen LogP contribution in [0, 0.1) is 6.92 Å². The maximum Gasteiger partial charge on any atom is 0.311 e. The summed E-state index contributed by atoms with van der Waals surface area (Å²) in [4.78, 5) is 22.2. The Kier molecular flexibility index (Phi) is 4.66. The van der Waals surface area contributed by atoms with Crippen LogP contribution in [0.4, 0.5) is 0 Å². The molecule has 0 amide bonds. The highest BCUT2D eigenvalue weighted by Gasteiger charge is 2.05. The van der Waals surface area contributed by atoms with Crippen LogP contribution >= 0.6 is 0 Å². The SMILES string of the molecule is Cc1ccc(CCC(=O)Oc2ccc(C=O)cc2)cc1. The third-order valence-corrected chi connectivity index (χ3v) is 2.99. The van der Waals surface area contributed by atoms with Gasteiger partial charge in [0, 0.05) is 12.0 Å². The Balaban J connectivity index is 1.85. The Hall–Kier alpha value is -2.42. The van der Waals surface area contributed by atoms with Gasteiger partial charge in [-0.15, -0.1) is 0 Å². The van der Waals surface area contributed by atoms with Crippen LogP contribution in [0.15, 0.2) is 48.5 Å². The molecule has 0 N–H and O–H groups in total. The van der Waals surface area contributed by atoms with Crippen molar-refractivity contribution in [2.75, 3.05) is 0 Å². The van der Waals surface area contributed by atoms with Crippen molar-refractivity contribution in [2.45, 2.75) is 19.8 Å². The van der Waals surface area contributed by atoms with Gasteiger partial charge >= 0.3 is 5.97 Å². The van der Waals surface area contributed by atoms with Crippen LogP contribution in [0.5, 0.6) is 5.75 Å². The van der Waals surface area contributed by atoms with Crippen LogP contribution in [0.1, 0.15) is 27.9 Å². The smallest absolute Gasteiger partial charge is 0.311 e. The molecule has 0 aliphatic heterocycles. The molecule has 3 heteroatoms. The molecule has 2 aromatic carbocycles. The first-order chi connectivity index (χ1) is 9.67. The topological polar surface area (TPSA) is 43.4 Å². The number of rotatable bonds is 5. The molecule has 0 saturated carbocycles. The molecule has 0 bridgehead atoms. The number of hydrogen-bond acceptors (Lipinski definition) is 3. The summed E-state index contributed by atoms with van der Waals surface area (Å²) in [5.74, 6) is 0.189. The van der Waals surface area contributed by atoms with Crippen LogP contribution in [-0.2, 0) is 11.2 Å². The van der Waals surface area contributed by atoms with Crippen LogP contribution in [0.2, 0.25) is 0 Å². The number of carbonyl (C=O) groups is 2. The van der Waals surface area contributed by atoms with E-state index in [0.717, 1.165) is 11.8 Å². The molecule has 102 valence electrons. The lowest BCUT2D eigenvalue weighted by Crippen LogP contribution is -2.09. The van der Waals surface area contributed by atoms with Crippen molar-refractivity contribution in [1.82, 2.24) is 0 Å². The second kappa shape index (κ2) is 6.66. The molecule has 0 saturated heterocycles. The molecular weight excluding hydrogens is 252 g/mol. The minimum Gasteiger partial charge on any atom is -0.427 e. The van der Waals surface area contributed by atoms with Crippen molar-refractivity contribution in [1.29, 1.82) is 0 Å². The first-order valence-electron chi connectivity index (χ1n) is 6.49.